The van der Waals surface area contributed by atoms with E-state index in [4.69, 9.17) is 5.73 Å². The number of nitrogens with one attached hydrogen (secondary N) is 2. The summed E-state index contributed by atoms with van der Waals surface area (Å²) < 4.78 is 0. The number of hydrogen-bond acceptors (Lipinski definition) is 4. The number of nitrogens with two attached hydrogens (primary N) is 1. The topological polar surface area (TPSA) is 87.5 Å². The van der Waals surface area contributed by atoms with Gasteiger partial charge in [-0.1, -0.05) is 36.4 Å². The van der Waals surface area contributed by atoms with Crippen molar-refractivity contribution < 1.29 is 9.59 Å². The molecular weight excluding hydrogens is 412 g/mol. The van der Waals surface area contributed by atoms with E-state index in [1.807, 2.05) is 84.6 Å². The maximum absolute atomic E-state index is 13.4. The highest BCUT2D eigenvalue weighted by Crippen LogP contribution is 2.26. The molecule has 2 amide bonds. The molecule has 6 heteroatoms. The van der Waals surface area contributed by atoms with Crippen LogP contribution in [0.5, 0.6) is 0 Å². The number of amides is 2. The Bertz CT molecular complexity index is 1130. The number of carbonyl (C=O) groups is 2. The Morgan fingerprint density at radius 2 is 1.79 bits per heavy atom. The molecule has 0 saturated carbocycles. The first-order chi connectivity index (χ1) is 16.0. The van der Waals surface area contributed by atoms with Gasteiger partial charge in [-0.25, -0.2) is 0 Å². The van der Waals surface area contributed by atoms with Crippen LogP contribution < -0.4 is 21.3 Å². The van der Waals surface area contributed by atoms with Crippen molar-refractivity contribution >= 4 is 28.9 Å². The van der Waals surface area contributed by atoms with Gasteiger partial charge < -0.3 is 21.3 Å². The van der Waals surface area contributed by atoms with Gasteiger partial charge in [-0.2, -0.15) is 0 Å². The maximum Gasteiger partial charge on any atom is 0.251 e. The van der Waals surface area contributed by atoms with Gasteiger partial charge in [-0.05, 0) is 72.9 Å². The van der Waals surface area contributed by atoms with Crippen molar-refractivity contribution in [3.63, 3.8) is 0 Å². The summed E-state index contributed by atoms with van der Waals surface area (Å²) in [6.07, 6.45) is 2.55. The van der Waals surface area contributed by atoms with E-state index in [2.05, 4.69) is 10.6 Å². The molecule has 1 aliphatic rings. The van der Waals surface area contributed by atoms with E-state index in [0.717, 1.165) is 47.5 Å². The van der Waals surface area contributed by atoms with Gasteiger partial charge in [0.05, 0.1) is 0 Å². The summed E-state index contributed by atoms with van der Waals surface area (Å²) in [7, 11) is 0. The molecule has 0 spiro atoms. The zero-order valence-electron chi connectivity index (χ0n) is 18.9. The minimum absolute atomic E-state index is 0.154. The molecule has 33 heavy (non-hydrogen) atoms. The number of anilines is 3. The van der Waals surface area contributed by atoms with Gasteiger partial charge in [-0.15, -0.1) is 0 Å². The van der Waals surface area contributed by atoms with Crippen molar-refractivity contribution in [2.45, 2.75) is 38.8 Å². The summed E-state index contributed by atoms with van der Waals surface area (Å²) in [4.78, 5) is 27.4. The van der Waals surface area contributed by atoms with Crippen LogP contribution in [-0.2, 0) is 16.1 Å². The zero-order chi connectivity index (χ0) is 23.2. The van der Waals surface area contributed by atoms with Gasteiger partial charge in [0.2, 0.25) is 5.91 Å². The van der Waals surface area contributed by atoms with Gasteiger partial charge >= 0.3 is 0 Å². The largest absolute Gasteiger partial charge is 0.370 e. The fourth-order valence-corrected chi connectivity index (χ4v) is 4.17. The lowest BCUT2D eigenvalue weighted by Crippen LogP contribution is -2.35. The predicted octanol–water partition coefficient (Wildman–Crippen LogP) is 4.76. The third-order valence-corrected chi connectivity index (χ3v) is 6.01. The second-order valence-corrected chi connectivity index (χ2v) is 8.38. The average molecular weight is 443 g/mol. The number of carbonyl (C=O) groups excluding carboxylic acids is 2. The molecule has 0 aromatic heterocycles. The highest BCUT2D eigenvalue weighted by molar-refractivity contribution is 5.98. The molecule has 3 aromatic rings. The first-order valence-corrected chi connectivity index (χ1v) is 11.4. The summed E-state index contributed by atoms with van der Waals surface area (Å²) in [5.41, 5.74) is 11.1. The normalized spacial score (nSPS) is 14.6. The van der Waals surface area contributed by atoms with E-state index in [1.54, 1.807) is 0 Å². The minimum Gasteiger partial charge on any atom is -0.370 e. The number of piperidine rings is 1. The standard InChI is InChI=1S/C27H30N4O2/c1-19-7-2-3-10-24(19)26(29-22-9-6-8-20(17-22)18-28)27(33)30-21-12-14-23(15-13-21)31-16-5-4-11-25(31)32/h2-3,6-10,12-15,17,26,29H,4-5,11,16,18,28H2,1H3,(H,30,33)/t26-/m0/s1. The first kappa shape index (κ1) is 22.6. The number of rotatable bonds is 7. The van der Waals surface area contributed by atoms with Crippen molar-refractivity contribution in [3.05, 3.63) is 89.5 Å². The second-order valence-electron chi connectivity index (χ2n) is 8.38. The van der Waals surface area contributed by atoms with Crippen molar-refractivity contribution in [1.29, 1.82) is 0 Å². The lowest BCUT2D eigenvalue weighted by Gasteiger charge is -2.27. The summed E-state index contributed by atoms with van der Waals surface area (Å²) in [5, 5.41) is 6.41. The lowest BCUT2D eigenvalue weighted by molar-refractivity contribution is -0.119. The minimum atomic E-state index is -0.581. The third kappa shape index (κ3) is 5.41. The molecular formula is C27H30N4O2. The highest BCUT2D eigenvalue weighted by Gasteiger charge is 2.23. The Morgan fingerprint density at radius 3 is 2.52 bits per heavy atom. The second kappa shape index (κ2) is 10.3. The van der Waals surface area contributed by atoms with Crippen LogP contribution >= 0.6 is 0 Å². The summed E-state index contributed by atoms with van der Waals surface area (Å²) in [6, 6.07) is 22.5. The van der Waals surface area contributed by atoms with Crippen LogP contribution in [0.1, 0.15) is 42.0 Å². The molecule has 0 radical (unpaired) electrons. The van der Waals surface area contributed by atoms with Gasteiger partial charge in [0.25, 0.3) is 5.91 Å². The van der Waals surface area contributed by atoms with E-state index in [-0.39, 0.29) is 11.8 Å². The van der Waals surface area contributed by atoms with Crippen molar-refractivity contribution in [3.8, 4) is 0 Å². The molecule has 4 rings (SSSR count). The Labute approximate surface area is 194 Å². The molecule has 1 saturated heterocycles. The summed E-state index contributed by atoms with van der Waals surface area (Å²) in [5.74, 6) is -0.00851. The van der Waals surface area contributed by atoms with Gasteiger partial charge in [0, 0.05) is 36.6 Å². The molecule has 3 aromatic carbocycles. The SMILES string of the molecule is Cc1ccccc1[C@H](Nc1cccc(CN)c1)C(=O)Nc1ccc(N2CCCCC2=O)cc1. The molecule has 6 nitrogen and oxygen atoms in total. The van der Waals surface area contributed by atoms with Crippen LogP contribution in [0.3, 0.4) is 0 Å². The summed E-state index contributed by atoms with van der Waals surface area (Å²) >= 11 is 0. The molecule has 0 bridgehead atoms. The van der Waals surface area contributed by atoms with Crippen LogP contribution in [0.4, 0.5) is 17.1 Å². The molecule has 170 valence electrons. The Balaban J connectivity index is 1.55. The number of aryl methyl sites for hydroxylation is 1. The van der Waals surface area contributed by atoms with E-state index in [0.29, 0.717) is 18.7 Å². The first-order valence-electron chi connectivity index (χ1n) is 11.4. The van der Waals surface area contributed by atoms with E-state index in [1.165, 1.54) is 0 Å². The monoisotopic (exact) mass is 442 g/mol. The van der Waals surface area contributed by atoms with Gasteiger partial charge in [0.1, 0.15) is 6.04 Å². The van der Waals surface area contributed by atoms with E-state index >= 15 is 0 Å². The fourth-order valence-electron chi connectivity index (χ4n) is 4.17. The van der Waals surface area contributed by atoms with Crippen molar-refractivity contribution in [2.75, 3.05) is 22.1 Å². The molecule has 0 unspecified atom stereocenters. The number of benzene rings is 3. The van der Waals surface area contributed by atoms with Crippen LogP contribution in [-0.4, -0.2) is 18.4 Å². The third-order valence-electron chi connectivity index (χ3n) is 6.01. The Morgan fingerprint density at radius 1 is 1.00 bits per heavy atom. The Kier molecular flexibility index (Phi) is 7.05. The Hall–Kier alpha value is -3.64. The van der Waals surface area contributed by atoms with Crippen LogP contribution in [0.15, 0.2) is 72.8 Å². The smallest absolute Gasteiger partial charge is 0.251 e. The quantitative estimate of drug-likeness (QED) is 0.492. The molecule has 1 atom stereocenters. The lowest BCUT2D eigenvalue weighted by atomic mass is 10.00. The van der Waals surface area contributed by atoms with Gasteiger partial charge in [-0.3, -0.25) is 9.59 Å². The number of hydrogen-bond donors (Lipinski definition) is 3. The molecule has 1 heterocycles. The average Bonchev–Trinajstić information content (AvgIpc) is 2.84. The summed E-state index contributed by atoms with van der Waals surface area (Å²) in [6.45, 7) is 3.17. The van der Waals surface area contributed by atoms with E-state index in [9.17, 15) is 9.59 Å². The zero-order valence-corrected chi connectivity index (χ0v) is 18.9. The predicted molar refractivity (Wildman–Crippen MR) is 133 cm³/mol. The van der Waals surface area contributed by atoms with Crippen molar-refractivity contribution in [2.24, 2.45) is 5.73 Å². The fraction of sp³-hybridized carbons (Fsp3) is 0.259. The van der Waals surface area contributed by atoms with Crippen molar-refractivity contribution in [1.82, 2.24) is 0 Å². The van der Waals surface area contributed by atoms with Crippen LogP contribution in [0.25, 0.3) is 0 Å². The molecule has 0 aliphatic carbocycles. The van der Waals surface area contributed by atoms with E-state index < -0.39 is 6.04 Å². The van der Waals surface area contributed by atoms with Gasteiger partial charge in [0.15, 0.2) is 0 Å². The molecule has 1 fully saturated rings. The molecule has 1 aliphatic heterocycles. The number of nitrogens with zero attached hydrogens (tertiary/aromatic N) is 1. The molecule has 4 N–H and O–H groups in total. The maximum atomic E-state index is 13.4. The highest BCUT2D eigenvalue weighted by atomic mass is 16.2. The van der Waals surface area contributed by atoms with Crippen LogP contribution in [0, 0.1) is 6.92 Å². The van der Waals surface area contributed by atoms with Crippen LogP contribution in [0.2, 0.25) is 0 Å².